The van der Waals surface area contributed by atoms with Gasteiger partial charge in [-0.2, -0.15) is 0 Å². The highest BCUT2D eigenvalue weighted by molar-refractivity contribution is 8.01. The van der Waals surface area contributed by atoms with Gasteiger partial charge in [0, 0.05) is 22.4 Å². The number of hydrogen-bond acceptors (Lipinski definition) is 5. The molecule has 1 unspecified atom stereocenters. The number of nitrogens with zero attached hydrogens (tertiary/aromatic N) is 1. The first-order valence-electron chi connectivity index (χ1n) is 4.94. The summed E-state index contributed by atoms with van der Waals surface area (Å²) in [7, 11) is 1.88. The van der Waals surface area contributed by atoms with Crippen LogP contribution in [0.3, 0.4) is 0 Å². The molecule has 0 bridgehead atoms. The van der Waals surface area contributed by atoms with Gasteiger partial charge < -0.3 is 10.4 Å². The Bertz CT molecular complexity index is 297. The van der Waals surface area contributed by atoms with Crippen molar-refractivity contribution >= 4 is 23.1 Å². The average Bonchev–Trinajstić information content (AvgIpc) is 2.64. The summed E-state index contributed by atoms with van der Waals surface area (Å²) in [6.07, 6.45) is 0.934. The van der Waals surface area contributed by atoms with Crippen LogP contribution in [-0.4, -0.2) is 35.0 Å². The van der Waals surface area contributed by atoms with Gasteiger partial charge in [-0.3, -0.25) is 0 Å². The van der Waals surface area contributed by atoms with E-state index in [1.54, 1.807) is 23.1 Å². The molecule has 0 saturated carbocycles. The number of aryl methyl sites for hydroxylation is 1. The molecule has 1 aromatic heterocycles. The van der Waals surface area contributed by atoms with Gasteiger partial charge in [-0.05, 0) is 27.3 Å². The summed E-state index contributed by atoms with van der Waals surface area (Å²) in [5.74, 6) is 0.977. The lowest BCUT2D eigenvalue weighted by atomic mass is 10.0. The first-order valence-corrected chi connectivity index (χ1v) is 6.81. The van der Waals surface area contributed by atoms with Crippen LogP contribution in [0, 0.1) is 6.92 Å². The van der Waals surface area contributed by atoms with Crippen LogP contribution in [0.5, 0.6) is 0 Å². The molecule has 1 atom stereocenters. The topological polar surface area (TPSA) is 45.1 Å². The van der Waals surface area contributed by atoms with E-state index in [0.29, 0.717) is 0 Å². The van der Waals surface area contributed by atoms with E-state index < -0.39 is 0 Å². The molecule has 1 aromatic rings. The summed E-state index contributed by atoms with van der Waals surface area (Å²) in [4.78, 5) is 4.38. The minimum absolute atomic E-state index is 0.167. The number of aliphatic hydroxyl groups is 1. The van der Waals surface area contributed by atoms with Crippen molar-refractivity contribution in [1.82, 2.24) is 10.3 Å². The molecular weight excluding hydrogens is 228 g/mol. The Morgan fingerprint density at radius 3 is 2.87 bits per heavy atom. The zero-order valence-electron chi connectivity index (χ0n) is 9.41. The van der Waals surface area contributed by atoms with Gasteiger partial charge in [-0.1, -0.05) is 11.8 Å². The molecule has 3 nitrogen and oxygen atoms in total. The number of aliphatic hydroxyl groups excluding tert-OH is 1. The number of rotatable bonds is 6. The Labute approximate surface area is 99.3 Å². The molecular formula is C10H18N2OS2. The summed E-state index contributed by atoms with van der Waals surface area (Å²) in [6, 6.07) is 0. The lowest BCUT2D eigenvalue weighted by Crippen LogP contribution is -2.43. The zero-order chi connectivity index (χ0) is 11.3. The molecule has 1 rings (SSSR count). The molecule has 2 N–H and O–H groups in total. The Hall–Kier alpha value is -0.100. The third-order valence-electron chi connectivity index (χ3n) is 2.43. The van der Waals surface area contributed by atoms with E-state index in [4.69, 9.17) is 0 Å². The molecule has 0 aliphatic rings. The van der Waals surface area contributed by atoms with E-state index in [2.05, 4.69) is 15.7 Å². The van der Waals surface area contributed by atoms with Gasteiger partial charge in [0.1, 0.15) is 4.34 Å². The monoisotopic (exact) mass is 246 g/mol. The number of nitrogens with one attached hydrogen (secondary N) is 1. The van der Waals surface area contributed by atoms with Crippen molar-refractivity contribution in [2.75, 3.05) is 19.4 Å². The minimum atomic E-state index is -0.167. The van der Waals surface area contributed by atoms with Gasteiger partial charge in [0.15, 0.2) is 0 Å². The summed E-state index contributed by atoms with van der Waals surface area (Å²) < 4.78 is 1.11. The van der Waals surface area contributed by atoms with Crippen molar-refractivity contribution in [3.8, 4) is 0 Å². The van der Waals surface area contributed by atoms with E-state index in [-0.39, 0.29) is 12.1 Å². The highest BCUT2D eigenvalue weighted by Gasteiger charge is 2.20. The van der Waals surface area contributed by atoms with Gasteiger partial charge in [-0.15, -0.1) is 11.3 Å². The second-order valence-corrected chi connectivity index (χ2v) is 6.02. The zero-order valence-corrected chi connectivity index (χ0v) is 11.0. The van der Waals surface area contributed by atoms with Crippen molar-refractivity contribution in [2.24, 2.45) is 0 Å². The van der Waals surface area contributed by atoms with Crippen LogP contribution in [0.1, 0.15) is 19.0 Å². The highest BCUT2D eigenvalue weighted by Crippen LogP contribution is 2.24. The van der Waals surface area contributed by atoms with E-state index in [1.165, 1.54) is 0 Å². The Kier molecular flexibility index (Phi) is 5.05. The number of likely N-dealkylation sites (N-methyl/N-ethyl adjacent to an activating group) is 1. The van der Waals surface area contributed by atoms with Crippen LogP contribution in [0.2, 0.25) is 0 Å². The van der Waals surface area contributed by atoms with Gasteiger partial charge in [0.05, 0.1) is 6.61 Å². The fraction of sp³-hybridized carbons (Fsp3) is 0.700. The summed E-state index contributed by atoms with van der Waals surface area (Å²) in [6.45, 7) is 4.20. The lowest BCUT2D eigenvalue weighted by Gasteiger charge is -2.26. The molecule has 0 radical (unpaired) electrons. The molecule has 1 heterocycles. The van der Waals surface area contributed by atoms with Crippen molar-refractivity contribution in [2.45, 2.75) is 30.1 Å². The molecule has 0 aliphatic carbocycles. The van der Waals surface area contributed by atoms with Crippen molar-refractivity contribution in [3.05, 3.63) is 11.1 Å². The third-order valence-corrected chi connectivity index (χ3v) is 4.57. The van der Waals surface area contributed by atoms with E-state index in [1.807, 2.05) is 20.9 Å². The number of thiazole rings is 1. The summed E-state index contributed by atoms with van der Waals surface area (Å²) >= 11 is 3.44. The standard InChI is InChI=1S/C10H18N2OS2/c1-8-6-15-9(12-8)14-5-4-10(2,7-13)11-3/h6,11,13H,4-5,7H2,1-3H3. The summed E-state index contributed by atoms with van der Waals surface area (Å²) in [5, 5.41) is 14.4. The Morgan fingerprint density at radius 2 is 2.40 bits per heavy atom. The van der Waals surface area contributed by atoms with E-state index >= 15 is 0 Å². The first kappa shape index (κ1) is 13.0. The predicted molar refractivity (Wildman–Crippen MR) is 66.7 cm³/mol. The smallest absolute Gasteiger partial charge is 0.150 e. The van der Waals surface area contributed by atoms with Crippen LogP contribution < -0.4 is 5.32 Å². The van der Waals surface area contributed by atoms with Gasteiger partial charge in [0.25, 0.3) is 0 Å². The van der Waals surface area contributed by atoms with Crippen molar-refractivity contribution in [1.29, 1.82) is 0 Å². The second-order valence-electron chi connectivity index (χ2n) is 3.82. The van der Waals surface area contributed by atoms with E-state index in [0.717, 1.165) is 22.2 Å². The molecule has 15 heavy (non-hydrogen) atoms. The highest BCUT2D eigenvalue weighted by atomic mass is 32.2. The van der Waals surface area contributed by atoms with Gasteiger partial charge >= 0.3 is 0 Å². The number of thioether (sulfide) groups is 1. The fourth-order valence-corrected chi connectivity index (χ4v) is 3.17. The normalized spacial score (nSPS) is 15.2. The molecule has 0 aliphatic heterocycles. The lowest BCUT2D eigenvalue weighted by molar-refractivity contribution is 0.179. The second kappa shape index (κ2) is 5.84. The van der Waals surface area contributed by atoms with Crippen LogP contribution in [0.25, 0.3) is 0 Å². The average molecular weight is 246 g/mol. The third kappa shape index (κ3) is 4.10. The van der Waals surface area contributed by atoms with Crippen molar-refractivity contribution in [3.63, 3.8) is 0 Å². The molecule has 5 heteroatoms. The number of aromatic nitrogens is 1. The van der Waals surface area contributed by atoms with Gasteiger partial charge in [-0.25, -0.2) is 4.98 Å². The van der Waals surface area contributed by atoms with Crippen molar-refractivity contribution < 1.29 is 5.11 Å². The number of hydrogen-bond donors (Lipinski definition) is 2. The maximum Gasteiger partial charge on any atom is 0.150 e. The van der Waals surface area contributed by atoms with E-state index in [9.17, 15) is 5.11 Å². The van der Waals surface area contributed by atoms with Crippen LogP contribution >= 0.6 is 23.1 Å². The first-order chi connectivity index (χ1) is 7.09. The molecule has 86 valence electrons. The van der Waals surface area contributed by atoms with Crippen LogP contribution in [-0.2, 0) is 0 Å². The molecule has 0 fully saturated rings. The molecule has 0 spiro atoms. The maximum absolute atomic E-state index is 9.20. The SMILES string of the molecule is CNC(C)(CO)CCSc1nc(C)cs1. The minimum Gasteiger partial charge on any atom is -0.394 e. The van der Waals surface area contributed by atoms with Crippen LogP contribution in [0.4, 0.5) is 0 Å². The Balaban J connectivity index is 2.32. The molecule has 0 aromatic carbocycles. The maximum atomic E-state index is 9.20. The molecule has 0 amide bonds. The quantitative estimate of drug-likeness (QED) is 0.753. The fourth-order valence-electron chi connectivity index (χ4n) is 1.05. The molecule has 0 saturated heterocycles. The van der Waals surface area contributed by atoms with Crippen LogP contribution in [0.15, 0.2) is 9.72 Å². The summed E-state index contributed by atoms with van der Waals surface area (Å²) in [5.41, 5.74) is 0.917. The predicted octanol–water partition coefficient (Wildman–Crippen LogP) is 1.90. The van der Waals surface area contributed by atoms with Gasteiger partial charge in [0.2, 0.25) is 0 Å². The Morgan fingerprint density at radius 1 is 1.67 bits per heavy atom. The largest absolute Gasteiger partial charge is 0.394 e.